The van der Waals surface area contributed by atoms with Crippen LogP contribution in [0.15, 0.2) is 48.8 Å². The number of hydrogen-bond donors (Lipinski definition) is 1. The second-order valence-corrected chi connectivity index (χ2v) is 9.10. The molecule has 2 aliphatic heterocycles. The number of imidazole rings is 1. The van der Waals surface area contributed by atoms with Gasteiger partial charge in [-0.2, -0.15) is 23.1 Å². The second kappa shape index (κ2) is 9.11. The van der Waals surface area contributed by atoms with Gasteiger partial charge in [-0.1, -0.05) is 18.2 Å². The fourth-order valence-corrected chi connectivity index (χ4v) is 4.61. The monoisotopic (exact) mass is 511 g/mol. The van der Waals surface area contributed by atoms with E-state index in [2.05, 4.69) is 25.8 Å². The van der Waals surface area contributed by atoms with Gasteiger partial charge in [0.15, 0.2) is 23.0 Å². The first kappa shape index (κ1) is 23.3. The first-order valence-corrected chi connectivity index (χ1v) is 11.8. The number of nitrogen functional groups attached to an aromatic ring is 1. The van der Waals surface area contributed by atoms with Crippen molar-refractivity contribution in [3.05, 3.63) is 65.5 Å². The summed E-state index contributed by atoms with van der Waals surface area (Å²) < 4.78 is 51.3. The fourth-order valence-electron chi connectivity index (χ4n) is 4.61. The molecule has 1 fully saturated rings. The Morgan fingerprint density at radius 3 is 2.35 bits per heavy atom. The molecule has 0 unspecified atom stereocenters. The minimum absolute atomic E-state index is 0.258. The molecule has 2 aliphatic rings. The van der Waals surface area contributed by atoms with Gasteiger partial charge in [0.25, 0.3) is 0 Å². The molecular formula is C25H24F3N7O2. The number of piperazine rings is 1. The molecule has 0 spiro atoms. The van der Waals surface area contributed by atoms with Crippen molar-refractivity contribution in [3.8, 4) is 11.5 Å². The van der Waals surface area contributed by atoms with E-state index in [1.807, 2.05) is 12.1 Å². The quantitative estimate of drug-likeness (QED) is 0.435. The van der Waals surface area contributed by atoms with Crippen molar-refractivity contribution in [2.75, 3.05) is 43.6 Å². The number of aromatic nitrogens is 4. The molecule has 192 valence electrons. The van der Waals surface area contributed by atoms with E-state index in [9.17, 15) is 13.2 Å². The second-order valence-electron chi connectivity index (χ2n) is 9.10. The molecule has 2 N–H and O–H groups in total. The van der Waals surface area contributed by atoms with Gasteiger partial charge in [0, 0.05) is 32.7 Å². The Hall–Kier alpha value is -4.06. The van der Waals surface area contributed by atoms with Gasteiger partial charge in [-0.05, 0) is 35.4 Å². The molecule has 12 heteroatoms. The Bertz CT molecular complexity index is 1430. The minimum Gasteiger partial charge on any atom is -0.454 e. The maximum atomic E-state index is 12.9. The van der Waals surface area contributed by atoms with Crippen molar-refractivity contribution < 1.29 is 22.6 Å². The van der Waals surface area contributed by atoms with Crippen molar-refractivity contribution in [2.45, 2.75) is 19.3 Å². The highest BCUT2D eigenvalue weighted by Crippen LogP contribution is 2.33. The largest absolute Gasteiger partial charge is 0.454 e. The van der Waals surface area contributed by atoms with E-state index in [1.54, 1.807) is 10.9 Å². The maximum Gasteiger partial charge on any atom is 0.416 e. The summed E-state index contributed by atoms with van der Waals surface area (Å²) in [5, 5.41) is 0. The number of rotatable bonds is 5. The summed E-state index contributed by atoms with van der Waals surface area (Å²) >= 11 is 0. The van der Waals surface area contributed by atoms with Crippen LogP contribution < -0.4 is 20.1 Å². The van der Waals surface area contributed by atoms with Gasteiger partial charge < -0.3 is 24.7 Å². The molecule has 0 atom stereocenters. The SMILES string of the molecule is Nc1nc(N2CCN(Cc3ccc4c(c3)OCO4)CC2)nc2c1ncn2Cc1ccc(C(F)(F)F)cc1. The maximum absolute atomic E-state index is 12.9. The van der Waals surface area contributed by atoms with Gasteiger partial charge in [-0.3, -0.25) is 4.90 Å². The van der Waals surface area contributed by atoms with Gasteiger partial charge in [0.2, 0.25) is 12.7 Å². The normalized spacial score (nSPS) is 16.0. The predicted octanol–water partition coefficient (Wildman–Crippen LogP) is 3.53. The lowest BCUT2D eigenvalue weighted by Gasteiger charge is -2.34. The number of nitrogens with zero attached hydrogens (tertiary/aromatic N) is 6. The first-order valence-electron chi connectivity index (χ1n) is 11.8. The Morgan fingerprint density at radius 2 is 1.59 bits per heavy atom. The Labute approximate surface area is 210 Å². The lowest BCUT2D eigenvalue weighted by atomic mass is 10.1. The molecule has 0 radical (unpaired) electrons. The van der Waals surface area contributed by atoms with Crippen LogP contribution in [0.5, 0.6) is 11.5 Å². The molecule has 0 aliphatic carbocycles. The van der Waals surface area contributed by atoms with Crippen LogP contribution in [-0.4, -0.2) is 57.4 Å². The number of ether oxygens (including phenoxy) is 2. The number of benzene rings is 2. The van der Waals surface area contributed by atoms with E-state index in [4.69, 9.17) is 20.2 Å². The molecule has 0 saturated carbocycles. The smallest absolute Gasteiger partial charge is 0.416 e. The van der Waals surface area contributed by atoms with Gasteiger partial charge in [-0.25, -0.2) is 4.98 Å². The summed E-state index contributed by atoms with van der Waals surface area (Å²) in [4.78, 5) is 18.0. The summed E-state index contributed by atoms with van der Waals surface area (Å²) in [6.45, 7) is 4.46. The van der Waals surface area contributed by atoms with E-state index in [-0.39, 0.29) is 12.6 Å². The third kappa shape index (κ3) is 4.71. The van der Waals surface area contributed by atoms with Crippen molar-refractivity contribution in [2.24, 2.45) is 0 Å². The molecule has 9 nitrogen and oxygen atoms in total. The summed E-state index contributed by atoms with van der Waals surface area (Å²) in [6, 6.07) is 11.1. The van der Waals surface area contributed by atoms with Crippen LogP contribution in [-0.2, 0) is 19.3 Å². The Morgan fingerprint density at radius 1 is 0.865 bits per heavy atom. The lowest BCUT2D eigenvalue weighted by molar-refractivity contribution is -0.137. The highest BCUT2D eigenvalue weighted by molar-refractivity contribution is 5.83. The molecular weight excluding hydrogens is 487 g/mol. The van der Waals surface area contributed by atoms with Gasteiger partial charge >= 0.3 is 6.18 Å². The van der Waals surface area contributed by atoms with E-state index in [1.165, 1.54) is 12.1 Å². The van der Waals surface area contributed by atoms with E-state index in [0.29, 0.717) is 29.2 Å². The first-order chi connectivity index (χ1) is 17.8. The van der Waals surface area contributed by atoms with Crippen LogP contribution in [0.1, 0.15) is 16.7 Å². The molecule has 4 aromatic rings. The van der Waals surface area contributed by atoms with Crippen molar-refractivity contribution in [3.63, 3.8) is 0 Å². The summed E-state index contributed by atoms with van der Waals surface area (Å²) in [5.74, 6) is 2.34. The van der Waals surface area contributed by atoms with Crippen LogP contribution in [0.25, 0.3) is 11.2 Å². The Kier molecular flexibility index (Phi) is 5.75. The van der Waals surface area contributed by atoms with Gasteiger partial charge in [-0.15, -0.1) is 0 Å². The zero-order chi connectivity index (χ0) is 25.6. The van der Waals surface area contributed by atoms with Crippen molar-refractivity contribution >= 4 is 22.9 Å². The molecule has 0 bridgehead atoms. The van der Waals surface area contributed by atoms with Crippen LogP contribution in [0.3, 0.4) is 0 Å². The number of nitrogens with two attached hydrogens (primary N) is 1. The lowest BCUT2D eigenvalue weighted by Crippen LogP contribution is -2.46. The highest BCUT2D eigenvalue weighted by Gasteiger charge is 2.30. The highest BCUT2D eigenvalue weighted by atomic mass is 19.4. The average Bonchev–Trinajstić information content (AvgIpc) is 3.51. The third-order valence-corrected chi connectivity index (χ3v) is 6.61. The van der Waals surface area contributed by atoms with Gasteiger partial charge in [0.05, 0.1) is 18.4 Å². The molecule has 37 heavy (non-hydrogen) atoms. The zero-order valence-corrected chi connectivity index (χ0v) is 19.8. The molecule has 2 aromatic carbocycles. The topological polar surface area (TPSA) is 94.6 Å². The van der Waals surface area contributed by atoms with Crippen LogP contribution in [0.2, 0.25) is 0 Å². The average molecular weight is 512 g/mol. The standard InChI is InChI=1S/C25H24F3N7O2/c26-25(27,28)18-4-1-16(2-5-18)13-35-14-30-21-22(29)31-24(32-23(21)35)34-9-7-33(8-10-34)12-17-3-6-19-20(11-17)37-15-36-19/h1-6,11,14H,7-10,12-13,15H2,(H2,29,31,32). The molecule has 0 amide bonds. The Balaban J connectivity index is 1.15. The molecule has 1 saturated heterocycles. The number of halogens is 3. The van der Waals surface area contributed by atoms with E-state index < -0.39 is 11.7 Å². The summed E-state index contributed by atoms with van der Waals surface area (Å²) in [6.07, 6.45) is -2.79. The summed E-state index contributed by atoms with van der Waals surface area (Å²) in [5.41, 5.74) is 8.39. The predicted molar refractivity (Wildman–Crippen MR) is 130 cm³/mol. The number of anilines is 2. The van der Waals surface area contributed by atoms with Crippen LogP contribution >= 0.6 is 0 Å². The molecule has 4 heterocycles. The van der Waals surface area contributed by atoms with Crippen molar-refractivity contribution in [1.29, 1.82) is 0 Å². The number of alkyl halides is 3. The van der Waals surface area contributed by atoms with Crippen LogP contribution in [0, 0.1) is 0 Å². The summed E-state index contributed by atoms with van der Waals surface area (Å²) in [7, 11) is 0. The molecule has 2 aromatic heterocycles. The number of hydrogen-bond acceptors (Lipinski definition) is 8. The van der Waals surface area contributed by atoms with E-state index in [0.717, 1.165) is 61.9 Å². The van der Waals surface area contributed by atoms with Crippen LogP contribution in [0.4, 0.5) is 24.9 Å². The number of fused-ring (bicyclic) bond motifs is 2. The van der Waals surface area contributed by atoms with E-state index >= 15 is 0 Å². The zero-order valence-electron chi connectivity index (χ0n) is 19.8. The minimum atomic E-state index is -4.37. The fraction of sp³-hybridized carbons (Fsp3) is 0.320. The van der Waals surface area contributed by atoms with Crippen molar-refractivity contribution in [1.82, 2.24) is 24.4 Å². The molecule has 6 rings (SSSR count). The third-order valence-electron chi connectivity index (χ3n) is 6.61. The van der Waals surface area contributed by atoms with Gasteiger partial charge in [0.1, 0.15) is 5.52 Å².